The van der Waals surface area contributed by atoms with Crippen LogP contribution in [0.5, 0.6) is 0 Å². The van der Waals surface area contributed by atoms with Crippen LogP contribution in [0.25, 0.3) is 10.9 Å². The van der Waals surface area contributed by atoms with Gasteiger partial charge in [0.15, 0.2) is 0 Å². The van der Waals surface area contributed by atoms with Gasteiger partial charge in [-0.1, -0.05) is 23.2 Å². The number of benzene rings is 1. The van der Waals surface area contributed by atoms with Gasteiger partial charge in [0.05, 0.1) is 15.6 Å². The Morgan fingerprint density at radius 2 is 2.06 bits per heavy atom. The molecule has 0 radical (unpaired) electrons. The number of H-pyrrole nitrogens is 1. The molecule has 0 unspecified atom stereocenters. The van der Waals surface area contributed by atoms with E-state index in [2.05, 4.69) is 4.98 Å². The van der Waals surface area contributed by atoms with Crippen molar-refractivity contribution in [2.45, 2.75) is 5.03 Å². The number of aromatic nitrogens is 1. The summed E-state index contributed by atoms with van der Waals surface area (Å²) in [5.41, 5.74) is -0.501. The minimum atomic E-state index is -1.28. The maximum absolute atomic E-state index is 12.1. The molecule has 0 aliphatic heterocycles. The Hall–Kier alpha value is -1.17. The van der Waals surface area contributed by atoms with E-state index >= 15 is 0 Å². The van der Waals surface area contributed by atoms with Crippen LogP contribution in [0.4, 0.5) is 0 Å². The number of hydrogen-bond acceptors (Lipinski definition) is 3. The molecule has 0 atom stereocenters. The molecule has 0 bridgehead atoms. The van der Waals surface area contributed by atoms with Crippen LogP contribution < -0.4 is 5.43 Å². The van der Waals surface area contributed by atoms with Gasteiger partial charge in [0.1, 0.15) is 5.56 Å². The zero-order chi connectivity index (χ0) is 13.4. The fraction of sp³-hybridized carbons (Fsp3) is 0.0909. The molecule has 4 nitrogen and oxygen atoms in total. The predicted molar refractivity (Wildman–Crippen MR) is 73.3 cm³/mol. The predicted octanol–water partition coefficient (Wildman–Crippen LogP) is 3.26. The highest BCUT2D eigenvalue weighted by molar-refractivity contribution is 7.98. The number of carboxylic acids is 1. The summed E-state index contributed by atoms with van der Waals surface area (Å²) in [6, 6.07) is 2.89. The molecule has 0 fully saturated rings. The summed E-state index contributed by atoms with van der Waals surface area (Å²) in [6.07, 6.45) is 1.67. The van der Waals surface area contributed by atoms with Crippen molar-refractivity contribution in [3.05, 3.63) is 38.0 Å². The standard InChI is InChI=1S/C11H7Cl2NO3S/c1-18-10-7(11(16)17)9(15)5-2-4(12)3-6(13)8(5)14-10/h2-3H,1H3,(H,14,15)(H,16,17). The van der Waals surface area contributed by atoms with Gasteiger partial charge in [-0.05, 0) is 18.4 Å². The van der Waals surface area contributed by atoms with Crippen LogP contribution in [0.3, 0.4) is 0 Å². The molecule has 0 saturated heterocycles. The van der Waals surface area contributed by atoms with Gasteiger partial charge in [0.2, 0.25) is 5.43 Å². The molecule has 7 heteroatoms. The maximum atomic E-state index is 12.1. The van der Waals surface area contributed by atoms with Crippen LogP contribution >= 0.6 is 35.0 Å². The van der Waals surface area contributed by atoms with Crippen LogP contribution in [-0.4, -0.2) is 22.3 Å². The van der Waals surface area contributed by atoms with Gasteiger partial charge >= 0.3 is 5.97 Å². The van der Waals surface area contributed by atoms with Gasteiger partial charge in [0, 0.05) is 10.4 Å². The molecule has 18 heavy (non-hydrogen) atoms. The quantitative estimate of drug-likeness (QED) is 0.836. The number of aromatic carboxylic acids is 1. The van der Waals surface area contributed by atoms with Gasteiger partial charge in [-0.3, -0.25) is 4.79 Å². The van der Waals surface area contributed by atoms with E-state index in [4.69, 9.17) is 28.3 Å². The first-order chi connectivity index (χ1) is 8.45. The van der Waals surface area contributed by atoms with Gasteiger partial charge in [-0.15, -0.1) is 11.8 Å². The highest BCUT2D eigenvalue weighted by atomic mass is 35.5. The largest absolute Gasteiger partial charge is 0.477 e. The number of rotatable bonds is 2. The summed E-state index contributed by atoms with van der Waals surface area (Å²) in [5, 5.41) is 10.1. The Labute approximate surface area is 116 Å². The van der Waals surface area contributed by atoms with Crippen molar-refractivity contribution in [3.63, 3.8) is 0 Å². The monoisotopic (exact) mass is 303 g/mol. The van der Waals surface area contributed by atoms with Crippen LogP contribution in [0.15, 0.2) is 22.0 Å². The summed E-state index contributed by atoms with van der Waals surface area (Å²) in [5.74, 6) is -1.28. The molecule has 0 amide bonds. The van der Waals surface area contributed by atoms with Crippen molar-refractivity contribution in [1.29, 1.82) is 0 Å². The summed E-state index contributed by atoms with van der Waals surface area (Å²) in [4.78, 5) is 26.1. The van der Waals surface area contributed by atoms with Crippen molar-refractivity contribution in [3.8, 4) is 0 Å². The second-order valence-electron chi connectivity index (χ2n) is 3.48. The Balaban J connectivity index is 3.01. The molecule has 0 aliphatic carbocycles. The zero-order valence-corrected chi connectivity index (χ0v) is 11.4. The lowest BCUT2D eigenvalue weighted by Crippen LogP contribution is -2.17. The van der Waals surface area contributed by atoms with E-state index in [0.717, 1.165) is 11.8 Å². The van der Waals surface area contributed by atoms with E-state index in [1.807, 2.05) is 0 Å². The molecule has 1 aromatic heterocycles. The van der Waals surface area contributed by atoms with Crippen molar-refractivity contribution in [2.24, 2.45) is 0 Å². The SMILES string of the molecule is CSc1[nH]c2c(Cl)cc(Cl)cc2c(=O)c1C(=O)O. The lowest BCUT2D eigenvalue weighted by Gasteiger charge is -2.07. The molecule has 1 heterocycles. The van der Waals surface area contributed by atoms with Gasteiger partial charge in [0.25, 0.3) is 0 Å². The van der Waals surface area contributed by atoms with Crippen molar-refractivity contribution >= 4 is 51.8 Å². The maximum Gasteiger partial charge on any atom is 0.342 e. The minimum absolute atomic E-state index is 0.169. The number of halogens is 2. The number of carbonyl (C=O) groups is 1. The first-order valence-electron chi connectivity index (χ1n) is 4.78. The second kappa shape index (κ2) is 4.84. The average molecular weight is 304 g/mol. The van der Waals surface area contributed by atoms with E-state index in [1.54, 1.807) is 6.26 Å². The lowest BCUT2D eigenvalue weighted by molar-refractivity contribution is 0.0691. The Bertz CT molecular complexity index is 711. The molecule has 2 aromatic rings. The lowest BCUT2D eigenvalue weighted by atomic mass is 10.1. The van der Waals surface area contributed by atoms with Crippen LogP contribution in [0.2, 0.25) is 10.0 Å². The highest BCUT2D eigenvalue weighted by Crippen LogP contribution is 2.27. The van der Waals surface area contributed by atoms with Crippen LogP contribution in [-0.2, 0) is 0 Å². The summed E-state index contributed by atoms with van der Waals surface area (Å²) < 4.78 is 0. The number of carboxylic acid groups (broad SMARTS) is 1. The van der Waals surface area contributed by atoms with Gasteiger partial charge < -0.3 is 10.1 Å². The molecule has 0 aliphatic rings. The molecule has 2 N–H and O–H groups in total. The number of hydrogen-bond donors (Lipinski definition) is 2. The van der Waals surface area contributed by atoms with E-state index < -0.39 is 11.4 Å². The van der Waals surface area contributed by atoms with E-state index in [1.165, 1.54) is 12.1 Å². The van der Waals surface area contributed by atoms with Gasteiger partial charge in [-0.25, -0.2) is 4.79 Å². The van der Waals surface area contributed by atoms with Crippen molar-refractivity contribution in [2.75, 3.05) is 6.26 Å². The first-order valence-corrected chi connectivity index (χ1v) is 6.76. The molecular weight excluding hydrogens is 297 g/mol. The molecule has 1 aromatic carbocycles. The average Bonchev–Trinajstić information content (AvgIpc) is 2.29. The number of nitrogens with one attached hydrogen (secondary N) is 1. The van der Waals surface area contributed by atoms with Crippen LogP contribution in [0, 0.1) is 0 Å². The fourth-order valence-electron chi connectivity index (χ4n) is 1.64. The molecule has 2 rings (SSSR count). The third-order valence-electron chi connectivity index (χ3n) is 2.41. The third-order valence-corrected chi connectivity index (χ3v) is 3.64. The summed E-state index contributed by atoms with van der Waals surface area (Å²) in [7, 11) is 0. The number of thioether (sulfide) groups is 1. The molecule has 0 saturated carbocycles. The van der Waals surface area contributed by atoms with E-state index in [0.29, 0.717) is 5.52 Å². The van der Waals surface area contributed by atoms with E-state index in [9.17, 15) is 9.59 Å². The number of fused-ring (bicyclic) bond motifs is 1. The zero-order valence-electron chi connectivity index (χ0n) is 9.08. The Kier molecular flexibility index (Phi) is 3.56. The molecular formula is C11H7Cl2NO3S. The normalized spacial score (nSPS) is 10.8. The number of aromatic amines is 1. The van der Waals surface area contributed by atoms with Crippen molar-refractivity contribution < 1.29 is 9.90 Å². The second-order valence-corrected chi connectivity index (χ2v) is 5.14. The fourth-order valence-corrected chi connectivity index (χ4v) is 2.77. The Morgan fingerprint density at radius 1 is 1.39 bits per heavy atom. The topological polar surface area (TPSA) is 70.2 Å². The van der Waals surface area contributed by atoms with E-state index in [-0.39, 0.29) is 26.0 Å². The Morgan fingerprint density at radius 3 is 2.61 bits per heavy atom. The summed E-state index contributed by atoms with van der Waals surface area (Å²) in [6.45, 7) is 0. The van der Waals surface area contributed by atoms with Crippen LogP contribution in [0.1, 0.15) is 10.4 Å². The number of pyridine rings is 1. The van der Waals surface area contributed by atoms with Crippen molar-refractivity contribution in [1.82, 2.24) is 4.98 Å². The van der Waals surface area contributed by atoms with Gasteiger partial charge in [-0.2, -0.15) is 0 Å². The highest BCUT2D eigenvalue weighted by Gasteiger charge is 2.19. The first kappa shape index (κ1) is 13.3. The minimum Gasteiger partial charge on any atom is -0.477 e. The summed E-state index contributed by atoms with van der Waals surface area (Å²) >= 11 is 12.9. The smallest absolute Gasteiger partial charge is 0.342 e. The molecule has 94 valence electrons. The molecule has 0 spiro atoms. The third kappa shape index (κ3) is 2.09.